The fourth-order valence-electron chi connectivity index (χ4n) is 1.73. The lowest BCUT2D eigenvalue weighted by atomic mass is 10.2. The first-order valence-corrected chi connectivity index (χ1v) is 7.17. The molecule has 1 N–H and O–H groups in total. The minimum atomic E-state index is -2.94. The van der Waals surface area contributed by atoms with Crippen molar-refractivity contribution in [1.29, 1.82) is 0 Å². The van der Waals surface area contributed by atoms with Gasteiger partial charge >= 0.3 is 6.61 Å². The normalized spacial score (nSPS) is 10.8. The van der Waals surface area contributed by atoms with Gasteiger partial charge < -0.3 is 14.9 Å². The Morgan fingerprint density at radius 1 is 1.21 bits per heavy atom. The van der Waals surface area contributed by atoms with Gasteiger partial charge in [0.25, 0.3) is 5.91 Å². The maximum atomic E-state index is 12.3. The van der Waals surface area contributed by atoms with E-state index < -0.39 is 12.5 Å². The quantitative estimate of drug-likeness (QED) is 0.605. The summed E-state index contributed by atoms with van der Waals surface area (Å²) in [7, 11) is 0. The molecular formula is C16H13ClF2N2O3. The van der Waals surface area contributed by atoms with Crippen LogP contribution in [-0.2, 0) is 9.63 Å². The van der Waals surface area contributed by atoms with Gasteiger partial charge in [0.1, 0.15) is 5.75 Å². The monoisotopic (exact) mass is 354 g/mol. The van der Waals surface area contributed by atoms with E-state index in [0.717, 1.165) is 0 Å². The molecule has 2 aromatic rings. The summed E-state index contributed by atoms with van der Waals surface area (Å²) in [6.45, 7) is -3.30. The van der Waals surface area contributed by atoms with Gasteiger partial charge in [-0.05, 0) is 24.3 Å². The van der Waals surface area contributed by atoms with Crippen molar-refractivity contribution in [2.24, 2.45) is 5.16 Å². The van der Waals surface area contributed by atoms with E-state index in [-0.39, 0.29) is 12.4 Å². The molecule has 0 fully saturated rings. The summed E-state index contributed by atoms with van der Waals surface area (Å²) < 4.78 is 28.9. The van der Waals surface area contributed by atoms with E-state index >= 15 is 0 Å². The molecule has 0 heterocycles. The molecule has 0 atom stereocenters. The van der Waals surface area contributed by atoms with Gasteiger partial charge in [-0.1, -0.05) is 41.0 Å². The highest BCUT2D eigenvalue weighted by Crippen LogP contribution is 2.20. The molecule has 0 spiro atoms. The highest BCUT2D eigenvalue weighted by atomic mass is 35.5. The van der Waals surface area contributed by atoms with E-state index in [1.165, 1.54) is 18.3 Å². The van der Waals surface area contributed by atoms with Crippen LogP contribution in [0.1, 0.15) is 5.56 Å². The summed E-state index contributed by atoms with van der Waals surface area (Å²) in [4.78, 5) is 16.5. The maximum Gasteiger partial charge on any atom is 0.387 e. The molecule has 1 amide bonds. The van der Waals surface area contributed by atoms with Gasteiger partial charge in [0.2, 0.25) is 0 Å². The summed E-state index contributed by atoms with van der Waals surface area (Å²) >= 11 is 5.91. The van der Waals surface area contributed by atoms with Crippen molar-refractivity contribution in [2.75, 3.05) is 11.9 Å². The fourth-order valence-corrected chi connectivity index (χ4v) is 1.91. The first-order chi connectivity index (χ1) is 11.6. The predicted octanol–water partition coefficient (Wildman–Crippen LogP) is 3.93. The number of carbonyl (C=O) groups excluding carboxylic acids is 1. The molecule has 0 saturated heterocycles. The van der Waals surface area contributed by atoms with Crippen molar-refractivity contribution >= 4 is 29.4 Å². The molecule has 0 aliphatic carbocycles. The Morgan fingerprint density at radius 2 is 1.92 bits per heavy atom. The zero-order valence-corrected chi connectivity index (χ0v) is 13.0. The van der Waals surface area contributed by atoms with Gasteiger partial charge in [0, 0.05) is 5.56 Å². The van der Waals surface area contributed by atoms with Crippen molar-refractivity contribution in [3.63, 3.8) is 0 Å². The van der Waals surface area contributed by atoms with Gasteiger partial charge in [0.15, 0.2) is 6.61 Å². The molecule has 2 aromatic carbocycles. The predicted molar refractivity (Wildman–Crippen MR) is 86.7 cm³/mol. The zero-order chi connectivity index (χ0) is 17.4. The summed E-state index contributed by atoms with van der Waals surface area (Å²) in [5.74, 6) is -0.502. The van der Waals surface area contributed by atoms with Crippen molar-refractivity contribution < 1.29 is 23.1 Å². The van der Waals surface area contributed by atoms with Crippen molar-refractivity contribution in [3.05, 3.63) is 59.1 Å². The number of carbonyl (C=O) groups is 1. The molecule has 0 unspecified atom stereocenters. The number of anilines is 1. The minimum absolute atomic E-state index is 0.0413. The van der Waals surface area contributed by atoms with Crippen LogP contribution in [0.2, 0.25) is 5.02 Å². The smallest absolute Gasteiger partial charge is 0.387 e. The number of nitrogens with one attached hydrogen (secondary N) is 1. The van der Waals surface area contributed by atoms with Crippen LogP contribution in [0.3, 0.4) is 0 Å². The molecule has 8 heteroatoms. The lowest BCUT2D eigenvalue weighted by Crippen LogP contribution is -2.17. The Balaban J connectivity index is 1.87. The first kappa shape index (κ1) is 17.7. The number of hydrogen-bond donors (Lipinski definition) is 1. The number of nitrogens with zero attached hydrogens (tertiary/aromatic N) is 1. The number of alkyl halides is 2. The van der Waals surface area contributed by atoms with Crippen LogP contribution in [0.4, 0.5) is 14.5 Å². The number of ether oxygens (including phenoxy) is 1. The molecule has 0 radical (unpaired) electrons. The van der Waals surface area contributed by atoms with Gasteiger partial charge in [-0.3, -0.25) is 4.79 Å². The van der Waals surface area contributed by atoms with Crippen LogP contribution in [0.5, 0.6) is 5.75 Å². The van der Waals surface area contributed by atoms with Gasteiger partial charge in [-0.15, -0.1) is 0 Å². The van der Waals surface area contributed by atoms with E-state index in [1.54, 1.807) is 36.4 Å². The fraction of sp³-hybridized carbons (Fsp3) is 0.125. The maximum absolute atomic E-state index is 12.3. The Hall–Kier alpha value is -2.67. The Labute approximate surface area is 141 Å². The van der Waals surface area contributed by atoms with Crippen LogP contribution >= 0.6 is 11.6 Å². The second kappa shape index (κ2) is 8.83. The number of amides is 1. The van der Waals surface area contributed by atoms with E-state index in [1.807, 2.05) is 0 Å². The van der Waals surface area contributed by atoms with Crippen LogP contribution in [0, 0.1) is 0 Å². The number of halogens is 3. The zero-order valence-electron chi connectivity index (χ0n) is 12.3. The third-order valence-corrected chi connectivity index (χ3v) is 3.07. The second-order valence-electron chi connectivity index (χ2n) is 4.45. The summed E-state index contributed by atoms with van der Waals surface area (Å²) in [6.07, 6.45) is 1.18. The average Bonchev–Trinajstić information content (AvgIpc) is 2.55. The molecule has 24 heavy (non-hydrogen) atoms. The van der Waals surface area contributed by atoms with Crippen molar-refractivity contribution in [2.45, 2.75) is 6.61 Å². The highest BCUT2D eigenvalue weighted by Gasteiger charge is 2.08. The topological polar surface area (TPSA) is 59.9 Å². The van der Waals surface area contributed by atoms with Crippen molar-refractivity contribution in [1.82, 2.24) is 0 Å². The van der Waals surface area contributed by atoms with Crippen molar-refractivity contribution in [3.8, 4) is 5.75 Å². The largest absolute Gasteiger partial charge is 0.434 e. The molecular weight excluding hydrogens is 342 g/mol. The number of para-hydroxylation sites is 2. The van der Waals surface area contributed by atoms with E-state index in [9.17, 15) is 13.6 Å². The molecule has 2 rings (SSSR count). The van der Waals surface area contributed by atoms with Crippen LogP contribution in [0.15, 0.2) is 53.7 Å². The SMILES string of the molecule is O=C(CO/N=C\c1ccccc1OC(F)F)Nc1ccccc1Cl. The standard InChI is InChI=1S/C16H13ClF2N2O3/c17-12-6-2-3-7-13(12)21-15(22)10-23-20-9-11-5-1-4-8-14(11)24-16(18)19/h1-9,16H,10H2,(H,21,22)/b20-9-. The Morgan fingerprint density at radius 3 is 2.67 bits per heavy atom. The molecule has 0 saturated carbocycles. The Kier molecular flexibility index (Phi) is 6.51. The molecule has 0 aliphatic rings. The van der Waals surface area contributed by atoms with Crippen LogP contribution in [0.25, 0.3) is 0 Å². The molecule has 5 nitrogen and oxygen atoms in total. The number of benzene rings is 2. The summed E-state index contributed by atoms with van der Waals surface area (Å²) in [5.41, 5.74) is 0.747. The average molecular weight is 355 g/mol. The van der Waals surface area contributed by atoms with E-state index in [4.69, 9.17) is 16.4 Å². The number of rotatable bonds is 7. The van der Waals surface area contributed by atoms with Gasteiger partial charge in [0.05, 0.1) is 16.9 Å². The van der Waals surface area contributed by atoms with Crippen LogP contribution in [-0.4, -0.2) is 25.3 Å². The second-order valence-corrected chi connectivity index (χ2v) is 4.86. The molecule has 0 bridgehead atoms. The summed E-state index contributed by atoms with van der Waals surface area (Å²) in [5, 5.41) is 6.52. The van der Waals surface area contributed by atoms with Gasteiger partial charge in [-0.25, -0.2) is 0 Å². The third kappa shape index (κ3) is 5.51. The lowest BCUT2D eigenvalue weighted by molar-refractivity contribution is -0.120. The lowest BCUT2D eigenvalue weighted by Gasteiger charge is -2.07. The van der Waals surface area contributed by atoms with Gasteiger partial charge in [-0.2, -0.15) is 8.78 Å². The molecule has 126 valence electrons. The van der Waals surface area contributed by atoms with Crippen LogP contribution < -0.4 is 10.1 Å². The third-order valence-electron chi connectivity index (χ3n) is 2.74. The highest BCUT2D eigenvalue weighted by molar-refractivity contribution is 6.33. The minimum Gasteiger partial charge on any atom is -0.434 e. The Bertz CT molecular complexity index is 726. The summed E-state index contributed by atoms with van der Waals surface area (Å²) in [6, 6.07) is 12.8. The first-order valence-electron chi connectivity index (χ1n) is 6.80. The number of hydrogen-bond acceptors (Lipinski definition) is 4. The molecule has 0 aromatic heterocycles. The van der Waals surface area contributed by atoms with E-state index in [0.29, 0.717) is 16.3 Å². The van der Waals surface area contributed by atoms with E-state index in [2.05, 4.69) is 15.2 Å². The number of oxime groups is 1. The molecule has 0 aliphatic heterocycles.